The second-order valence-corrected chi connectivity index (χ2v) is 5.52. The summed E-state index contributed by atoms with van der Waals surface area (Å²) in [6.07, 6.45) is 4.23. The van der Waals surface area contributed by atoms with Crippen LogP contribution in [0, 0.1) is 0 Å². The highest BCUT2D eigenvalue weighted by atomic mass is 15.2. The smallest absolute Gasteiger partial charge is 0.160 e. The molecular formula is C17H18N4. The van der Waals surface area contributed by atoms with Gasteiger partial charge in [-0.25, -0.2) is 9.97 Å². The van der Waals surface area contributed by atoms with Crippen molar-refractivity contribution in [3.63, 3.8) is 0 Å². The molecule has 0 bridgehead atoms. The van der Waals surface area contributed by atoms with Crippen molar-refractivity contribution in [3.8, 4) is 11.4 Å². The predicted octanol–water partition coefficient (Wildman–Crippen LogP) is 3.02. The van der Waals surface area contributed by atoms with E-state index in [1.54, 1.807) is 0 Å². The van der Waals surface area contributed by atoms with Crippen LogP contribution >= 0.6 is 0 Å². The molecule has 0 radical (unpaired) electrons. The summed E-state index contributed by atoms with van der Waals surface area (Å²) >= 11 is 0. The van der Waals surface area contributed by atoms with Gasteiger partial charge in [0.15, 0.2) is 5.65 Å². The lowest BCUT2D eigenvalue weighted by atomic mass is 10.1. The first-order valence-corrected chi connectivity index (χ1v) is 7.52. The first-order valence-electron chi connectivity index (χ1n) is 7.52. The molecule has 1 aliphatic rings. The fourth-order valence-corrected chi connectivity index (χ4v) is 3.12. The molecule has 4 nitrogen and oxygen atoms in total. The van der Waals surface area contributed by atoms with Crippen molar-refractivity contribution in [2.24, 2.45) is 0 Å². The summed E-state index contributed by atoms with van der Waals surface area (Å²) < 4.78 is 2.32. The average molecular weight is 278 g/mol. The van der Waals surface area contributed by atoms with Crippen LogP contribution in [-0.2, 0) is 0 Å². The molecule has 0 amide bonds. The number of rotatable bonds is 2. The molecule has 1 fully saturated rings. The SMILES string of the molecule is c1ccc(-c2nc3cccnc3n2C2CCCNC2)cc1. The molecule has 1 N–H and O–H groups in total. The van der Waals surface area contributed by atoms with E-state index in [0.717, 1.165) is 35.6 Å². The fourth-order valence-electron chi connectivity index (χ4n) is 3.12. The number of aromatic nitrogens is 3. The van der Waals surface area contributed by atoms with Gasteiger partial charge in [-0.1, -0.05) is 30.3 Å². The van der Waals surface area contributed by atoms with Crippen LogP contribution in [0.5, 0.6) is 0 Å². The van der Waals surface area contributed by atoms with Crippen LogP contribution in [-0.4, -0.2) is 27.6 Å². The number of hydrogen-bond acceptors (Lipinski definition) is 3. The van der Waals surface area contributed by atoms with Gasteiger partial charge in [-0.15, -0.1) is 0 Å². The quantitative estimate of drug-likeness (QED) is 0.783. The number of nitrogens with zero attached hydrogens (tertiary/aromatic N) is 3. The Morgan fingerprint density at radius 3 is 2.81 bits per heavy atom. The zero-order valence-electron chi connectivity index (χ0n) is 11.9. The van der Waals surface area contributed by atoms with E-state index in [0.29, 0.717) is 6.04 Å². The Balaban J connectivity index is 1.92. The third-order valence-corrected chi connectivity index (χ3v) is 4.12. The van der Waals surface area contributed by atoms with Gasteiger partial charge < -0.3 is 9.88 Å². The van der Waals surface area contributed by atoms with Crippen LogP contribution in [0.25, 0.3) is 22.6 Å². The average Bonchev–Trinajstić information content (AvgIpc) is 2.96. The molecule has 1 aromatic carbocycles. The van der Waals surface area contributed by atoms with E-state index in [1.165, 1.54) is 12.8 Å². The van der Waals surface area contributed by atoms with E-state index in [-0.39, 0.29) is 0 Å². The molecule has 4 heteroatoms. The van der Waals surface area contributed by atoms with Crippen molar-refractivity contribution in [1.82, 2.24) is 19.9 Å². The maximum absolute atomic E-state index is 4.83. The first kappa shape index (κ1) is 12.5. The topological polar surface area (TPSA) is 42.7 Å². The summed E-state index contributed by atoms with van der Waals surface area (Å²) in [6.45, 7) is 2.10. The van der Waals surface area contributed by atoms with Crippen LogP contribution in [0.15, 0.2) is 48.7 Å². The van der Waals surface area contributed by atoms with Crippen LogP contribution < -0.4 is 5.32 Å². The normalized spacial score (nSPS) is 19.0. The van der Waals surface area contributed by atoms with Crippen molar-refractivity contribution < 1.29 is 0 Å². The molecule has 1 unspecified atom stereocenters. The standard InChI is InChI=1S/C17H18N4/c1-2-6-13(7-3-1)16-20-15-9-5-11-19-17(15)21(16)14-8-4-10-18-12-14/h1-3,5-7,9,11,14,18H,4,8,10,12H2. The number of fused-ring (bicyclic) bond motifs is 1. The van der Waals surface area contributed by atoms with Gasteiger partial charge in [0.2, 0.25) is 0 Å². The van der Waals surface area contributed by atoms with Gasteiger partial charge in [-0.2, -0.15) is 0 Å². The lowest BCUT2D eigenvalue weighted by molar-refractivity contribution is 0.379. The molecule has 1 saturated heterocycles. The van der Waals surface area contributed by atoms with Gasteiger partial charge in [0.25, 0.3) is 0 Å². The first-order chi connectivity index (χ1) is 10.4. The van der Waals surface area contributed by atoms with Crippen LogP contribution in [0.3, 0.4) is 0 Å². The number of benzene rings is 1. The van der Waals surface area contributed by atoms with Crippen molar-refractivity contribution >= 4 is 11.2 Å². The summed E-state index contributed by atoms with van der Waals surface area (Å²) in [6, 6.07) is 14.8. The van der Waals surface area contributed by atoms with Gasteiger partial charge in [0.05, 0.1) is 0 Å². The molecule has 106 valence electrons. The van der Waals surface area contributed by atoms with E-state index < -0.39 is 0 Å². The molecule has 0 aliphatic carbocycles. The monoisotopic (exact) mass is 278 g/mol. The highest BCUT2D eigenvalue weighted by Gasteiger charge is 2.22. The Bertz CT molecular complexity index is 742. The minimum Gasteiger partial charge on any atom is -0.315 e. The molecular weight excluding hydrogens is 260 g/mol. The highest BCUT2D eigenvalue weighted by Crippen LogP contribution is 2.29. The Kier molecular flexibility index (Phi) is 3.16. The van der Waals surface area contributed by atoms with Crippen molar-refractivity contribution in [2.45, 2.75) is 18.9 Å². The number of nitrogens with one attached hydrogen (secondary N) is 1. The molecule has 3 aromatic rings. The number of pyridine rings is 1. The van der Waals surface area contributed by atoms with Crippen molar-refractivity contribution in [2.75, 3.05) is 13.1 Å². The lowest BCUT2D eigenvalue weighted by Crippen LogP contribution is -2.32. The molecule has 1 atom stereocenters. The number of piperidine rings is 1. The van der Waals surface area contributed by atoms with Crippen LogP contribution in [0.4, 0.5) is 0 Å². The molecule has 4 rings (SSSR count). The Labute approximate surface area is 123 Å². The van der Waals surface area contributed by atoms with E-state index in [2.05, 4.69) is 39.1 Å². The summed E-state index contributed by atoms with van der Waals surface area (Å²) in [5, 5.41) is 3.49. The highest BCUT2D eigenvalue weighted by molar-refractivity contribution is 5.77. The third kappa shape index (κ3) is 2.21. The minimum absolute atomic E-state index is 0.425. The molecule has 2 aromatic heterocycles. The van der Waals surface area contributed by atoms with Crippen LogP contribution in [0.2, 0.25) is 0 Å². The molecule has 0 saturated carbocycles. The maximum atomic E-state index is 4.83. The Hall–Kier alpha value is -2.20. The fraction of sp³-hybridized carbons (Fsp3) is 0.294. The number of imidazole rings is 1. The zero-order chi connectivity index (χ0) is 14.1. The zero-order valence-corrected chi connectivity index (χ0v) is 11.9. The molecule has 0 spiro atoms. The third-order valence-electron chi connectivity index (χ3n) is 4.12. The summed E-state index contributed by atoms with van der Waals surface area (Å²) in [5.41, 5.74) is 3.12. The van der Waals surface area contributed by atoms with Gasteiger partial charge >= 0.3 is 0 Å². The van der Waals surface area contributed by atoms with Gasteiger partial charge in [-0.3, -0.25) is 0 Å². The second kappa shape index (κ2) is 5.30. The summed E-state index contributed by atoms with van der Waals surface area (Å²) in [5.74, 6) is 1.03. The lowest BCUT2D eigenvalue weighted by Gasteiger charge is -2.26. The molecule has 21 heavy (non-hydrogen) atoms. The summed E-state index contributed by atoms with van der Waals surface area (Å²) in [7, 11) is 0. The van der Waals surface area contributed by atoms with Gasteiger partial charge in [0, 0.05) is 24.3 Å². The van der Waals surface area contributed by atoms with E-state index in [9.17, 15) is 0 Å². The Morgan fingerprint density at radius 1 is 1.10 bits per heavy atom. The number of hydrogen-bond donors (Lipinski definition) is 1. The van der Waals surface area contributed by atoms with Gasteiger partial charge in [0.1, 0.15) is 11.3 Å². The van der Waals surface area contributed by atoms with Crippen molar-refractivity contribution in [1.29, 1.82) is 0 Å². The van der Waals surface area contributed by atoms with Crippen molar-refractivity contribution in [3.05, 3.63) is 48.7 Å². The van der Waals surface area contributed by atoms with Gasteiger partial charge in [-0.05, 0) is 31.5 Å². The second-order valence-electron chi connectivity index (χ2n) is 5.52. The van der Waals surface area contributed by atoms with E-state index in [1.807, 2.05) is 24.4 Å². The van der Waals surface area contributed by atoms with E-state index >= 15 is 0 Å². The predicted molar refractivity (Wildman–Crippen MR) is 84.1 cm³/mol. The molecule has 1 aliphatic heterocycles. The summed E-state index contributed by atoms with van der Waals surface area (Å²) in [4.78, 5) is 9.41. The van der Waals surface area contributed by atoms with Crippen LogP contribution in [0.1, 0.15) is 18.9 Å². The largest absolute Gasteiger partial charge is 0.315 e. The Morgan fingerprint density at radius 2 is 2.00 bits per heavy atom. The van der Waals surface area contributed by atoms with E-state index in [4.69, 9.17) is 4.98 Å². The molecule has 3 heterocycles. The maximum Gasteiger partial charge on any atom is 0.160 e. The minimum atomic E-state index is 0.425.